The van der Waals surface area contributed by atoms with Gasteiger partial charge in [0.05, 0.1) is 0 Å². The maximum Gasteiger partial charge on any atom is 0.302 e. The molecule has 3 fully saturated rings. The molecule has 7 unspecified atom stereocenters. The van der Waals surface area contributed by atoms with E-state index in [4.69, 9.17) is 10.3 Å². The standard InChI is InChI=1S/C23H34N2O3/c1-14(26)28-16-8-10-22(2)15(12-16)4-5-17-18-6-7-20(21(27)13-25-24)23(18,3)11-9-19(17)22/h4,16-20,25H,5-13H2,1-3H3. The average molecular weight is 387 g/mol. The highest BCUT2D eigenvalue weighted by Gasteiger charge is 2.60. The second-order valence-electron chi connectivity index (χ2n) is 10.2. The largest absolute Gasteiger partial charge is 0.508 e. The Morgan fingerprint density at radius 3 is 2.68 bits per heavy atom. The van der Waals surface area contributed by atoms with Crippen molar-refractivity contribution in [3.8, 4) is 0 Å². The maximum atomic E-state index is 12.6. The molecular formula is C23H34N2O3. The zero-order valence-corrected chi connectivity index (χ0v) is 17.5. The van der Waals surface area contributed by atoms with Crippen molar-refractivity contribution in [2.24, 2.45) is 34.5 Å². The first-order chi connectivity index (χ1) is 13.3. The fourth-order valence-corrected chi connectivity index (χ4v) is 7.69. The van der Waals surface area contributed by atoms with Gasteiger partial charge in [-0.2, -0.15) is 0 Å². The van der Waals surface area contributed by atoms with Crippen LogP contribution in [0.4, 0.5) is 0 Å². The fourth-order valence-electron chi connectivity index (χ4n) is 7.69. The number of hydrogen-bond acceptors (Lipinski definition) is 3. The molecule has 0 radical (unpaired) electrons. The molecule has 4 aliphatic carbocycles. The van der Waals surface area contributed by atoms with Crippen molar-refractivity contribution in [2.75, 3.05) is 6.54 Å². The summed E-state index contributed by atoms with van der Waals surface area (Å²) in [4.78, 5) is 24.0. The number of nitrogens with zero attached hydrogens (tertiary/aromatic N) is 1. The van der Waals surface area contributed by atoms with Crippen molar-refractivity contribution in [1.29, 1.82) is 0 Å². The summed E-state index contributed by atoms with van der Waals surface area (Å²) in [6.07, 6.45) is 10.9. The number of Topliss-reactive ketones (excluding diaryl/α,β-unsaturated/α-hetero) is 1. The van der Waals surface area contributed by atoms with Crippen LogP contribution in [-0.4, -0.2) is 24.4 Å². The zero-order chi connectivity index (χ0) is 20.1. The molecule has 154 valence electrons. The van der Waals surface area contributed by atoms with Crippen LogP contribution in [0, 0.1) is 34.5 Å². The molecule has 0 amide bonds. The monoisotopic (exact) mass is 386 g/mol. The molecule has 0 aromatic rings. The Morgan fingerprint density at radius 1 is 1.18 bits per heavy atom. The van der Waals surface area contributed by atoms with Crippen molar-refractivity contribution >= 4 is 11.8 Å². The minimum absolute atomic E-state index is 0.0432. The number of carbonyl (C=O) groups is 2. The molecule has 0 aromatic carbocycles. The van der Waals surface area contributed by atoms with Gasteiger partial charge in [-0.25, -0.2) is 0 Å². The highest BCUT2D eigenvalue weighted by Crippen LogP contribution is 2.66. The van der Waals surface area contributed by atoms with Crippen LogP contribution in [0.1, 0.15) is 72.1 Å². The number of fused-ring (bicyclic) bond motifs is 5. The molecule has 0 saturated heterocycles. The molecule has 28 heavy (non-hydrogen) atoms. The van der Waals surface area contributed by atoms with Gasteiger partial charge in [-0.3, -0.25) is 9.59 Å². The molecule has 0 aliphatic heterocycles. The number of nitrogens with one attached hydrogen (secondary N) is 1. The Balaban J connectivity index is 1.56. The number of carbonyl (C=O) groups excluding carboxylic acids is 2. The van der Waals surface area contributed by atoms with Gasteiger partial charge in [-0.05, 0) is 73.5 Å². The van der Waals surface area contributed by atoms with Gasteiger partial charge in [0.15, 0.2) is 12.3 Å². The van der Waals surface area contributed by atoms with Crippen LogP contribution in [0.2, 0.25) is 0 Å². The molecular weight excluding hydrogens is 352 g/mol. The van der Waals surface area contributed by atoms with E-state index >= 15 is 0 Å². The molecule has 7 atom stereocenters. The Hall–Kier alpha value is -1.52. The fraction of sp³-hybridized carbons (Fsp3) is 0.826. The summed E-state index contributed by atoms with van der Waals surface area (Å²) in [6.45, 7) is 6.35. The minimum atomic E-state index is -0.171. The first-order valence-corrected chi connectivity index (χ1v) is 11.1. The second kappa shape index (κ2) is 7.07. The van der Waals surface area contributed by atoms with Crippen LogP contribution in [0.5, 0.6) is 0 Å². The van der Waals surface area contributed by atoms with Crippen molar-refractivity contribution in [2.45, 2.75) is 78.2 Å². The predicted octanol–water partition coefficient (Wildman–Crippen LogP) is 3.17. The number of allylic oxidation sites excluding steroid dienone is 1. The number of ether oxygens (including phenoxy) is 1. The molecule has 0 spiro atoms. The van der Waals surface area contributed by atoms with Gasteiger partial charge in [0.2, 0.25) is 0 Å². The van der Waals surface area contributed by atoms with Crippen molar-refractivity contribution < 1.29 is 19.4 Å². The normalized spacial score (nSPS) is 44.5. The third-order valence-electron chi connectivity index (χ3n) is 9.03. The number of hydrogen-bond donors (Lipinski definition) is 1. The predicted molar refractivity (Wildman–Crippen MR) is 105 cm³/mol. The molecule has 4 rings (SSSR count). The number of rotatable bonds is 4. The first-order valence-electron chi connectivity index (χ1n) is 11.1. The summed E-state index contributed by atoms with van der Waals surface area (Å²) in [5.74, 6) is 2.00. The topological polar surface area (TPSA) is 79.6 Å². The molecule has 0 bridgehead atoms. The van der Waals surface area contributed by atoms with E-state index in [1.54, 1.807) is 0 Å². The van der Waals surface area contributed by atoms with Crippen molar-refractivity contribution in [1.82, 2.24) is 0 Å². The zero-order valence-electron chi connectivity index (χ0n) is 17.5. The SMILES string of the molecule is CC(=O)OC1CCC2(C)C(=CCC3C2CCC2(C)C(C(=O)C[NH+]=[N-])CCC32)C1. The highest BCUT2D eigenvalue weighted by molar-refractivity contribution is 5.83. The number of esters is 1. The van der Waals surface area contributed by atoms with E-state index in [0.717, 1.165) is 44.9 Å². The van der Waals surface area contributed by atoms with E-state index in [9.17, 15) is 9.59 Å². The summed E-state index contributed by atoms with van der Waals surface area (Å²) in [5, 5.41) is 2.08. The van der Waals surface area contributed by atoms with Crippen LogP contribution in [-0.2, 0) is 14.3 Å². The quantitative estimate of drug-likeness (QED) is 0.458. The lowest BCUT2D eigenvalue weighted by Gasteiger charge is -2.58. The van der Waals surface area contributed by atoms with Crippen LogP contribution in [0.25, 0.3) is 5.53 Å². The second-order valence-corrected chi connectivity index (χ2v) is 10.2. The summed E-state index contributed by atoms with van der Waals surface area (Å²) in [7, 11) is 0. The smallest absolute Gasteiger partial charge is 0.302 e. The van der Waals surface area contributed by atoms with Crippen LogP contribution in [0.3, 0.4) is 0 Å². The molecule has 0 heterocycles. The van der Waals surface area contributed by atoms with Gasteiger partial charge in [0, 0.05) is 19.3 Å². The van der Waals surface area contributed by atoms with E-state index in [1.165, 1.54) is 18.9 Å². The van der Waals surface area contributed by atoms with Gasteiger partial charge in [0.25, 0.3) is 0 Å². The molecule has 1 N–H and O–H groups in total. The highest BCUT2D eigenvalue weighted by atomic mass is 16.5. The lowest BCUT2D eigenvalue weighted by atomic mass is 9.47. The molecule has 4 aliphatic rings. The van der Waals surface area contributed by atoms with Crippen LogP contribution in [0.15, 0.2) is 11.6 Å². The lowest BCUT2D eigenvalue weighted by molar-refractivity contribution is -0.468. The Morgan fingerprint density at radius 2 is 1.96 bits per heavy atom. The molecule has 5 heteroatoms. The lowest BCUT2D eigenvalue weighted by Crippen LogP contribution is -2.67. The van der Waals surface area contributed by atoms with E-state index in [-0.39, 0.29) is 41.1 Å². The summed E-state index contributed by atoms with van der Waals surface area (Å²) < 4.78 is 5.53. The van der Waals surface area contributed by atoms with Gasteiger partial charge < -0.3 is 15.4 Å². The van der Waals surface area contributed by atoms with E-state index in [2.05, 4.69) is 25.0 Å². The average Bonchev–Trinajstić information content (AvgIpc) is 2.99. The van der Waals surface area contributed by atoms with Crippen molar-refractivity contribution in [3.05, 3.63) is 17.2 Å². The summed E-state index contributed by atoms with van der Waals surface area (Å²) >= 11 is 0. The number of ketones is 1. The Kier molecular flexibility index (Phi) is 4.99. The van der Waals surface area contributed by atoms with E-state index in [1.807, 2.05) is 0 Å². The van der Waals surface area contributed by atoms with Gasteiger partial charge in [-0.1, -0.05) is 25.5 Å². The summed E-state index contributed by atoms with van der Waals surface area (Å²) in [6, 6.07) is 0. The van der Waals surface area contributed by atoms with Gasteiger partial charge in [-0.15, -0.1) is 0 Å². The van der Waals surface area contributed by atoms with E-state index in [0.29, 0.717) is 17.8 Å². The molecule has 0 aromatic heterocycles. The van der Waals surface area contributed by atoms with Gasteiger partial charge in [0.1, 0.15) is 6.10 Å². The molecule has 5 nitrogen and oxygen atoms in total. The summed E-state index contributed by atoms with van der Waals surface area (Å²) in [5.41, 5.74) is 10.8. The van der Waals surface area contributed by atoms with Crippen molar-refractivity contribution in [3.63, 3.8) is 0 Å². The maximum absolute atomic E-state index is 12.6. The van der Waals surface area contributed by atoms with Gasteiger partial charge >= 0.3 is 5.97 Å². The van der Waals surface area contributed by atoms with E-state index < -0.39 is 0 Å². The third kappa shape index (κ3) is 2.96. The Labute approximate surface area is 168 Å². The van der Waals surface area contributed by atoms with Crippen LogP contribution < -0.4 is 5.11 Å². The minimum Gasteiger partial charge on any atom is -0.508 e. The molecule has 3 saturated carbocycles. The van der Waals surface area contributed by atoms with Crippen LogP contribution >= 0.6 is 0 Å². The first kappa shape index (κ1) is 19.8. The Bertz CT molecular complexity index is 717. The third-order valence-corrected chi connectivity index (χ3v) is 9.03.